The molecule has 0 atom stereocenters. The first-order valence-electron chi connectivity index (χ1n) is 4.13. The standard InChI is InChI=1S/C9H14BrNO2/c1-9(2,6-10)5-7-4-8(12-3)11-13-7/h4H,5-6H2,1-3H3. The number of hydrogen-bond donors (Lipinski definition) is 0. The van der Waals surface area contributed by atoms with Crippen molar-refractivity contribution in [3.8, 4) is 5.88 Å². The highest BCUT2D eigenvalue weighted by atomic mass is 79.9. The molecule has 0 aromatic carbocycles. The van der Waals surface area contributed by atoms with E-state index in [1.165, 1.54) is 0 Å². The Bertz CT molecular complexity index is 270. The van der Waals surface area contributed by atoms with Crippen LogP contribution in [-0.4, -0.2) is 17.6 Å². The second kappa shape index (κ2) is 4.13. The van der Waals surface area contributed by atoms with Crippen LogP contribution >= 0.6 is 15.9 Å². The number of rotatable bonds is 4. The first-order valence-corrected chi connectivity index (χ1v) is 5.25. The van der Waals surface area contributed by atoms with Crippen LogP contribution in [0.15, 0.2) is 10.6 Å². The molecule has 0 fully saturated rings. The van der Waals surface area contributed by atoms with E-state index in [-0.39, 0.29) is 5.41 Å². The van der Waals surface area contributed by atoms with Gasteiger partial charge in [0.05, 0.1) is 7.11 Å². The van der Waals surface area contributed by atoms with Gasteiger partial charge in [-0.2, -0.15) is 0 Å². The van der Waals surface area contributed by atoms with Gasteiger partial charge in [-0.1, -0.05) is 29.8 Å². The fourth-order valence-corrected chi connectivity index (χ4v) is 1.19. The number of alkyl halides is 1. The fraction of sp³-hybridized carbons (Fsp3) is 0.667. The molecule has 1 aromatic rings. The topological polar surface area (TPSA) is 35.3 Å². The molecule has 1 heterocycles. The van der Waals surface area contributed by atoms with E-state index in [4.69, 9.17) is 9.26 Å². The second-order valence-electron chi connectivity index (χ2n) is 3.81. The van der Waals surface area contributed by atoms with Gasteiger partial charge in [-0.3, -0.25) is 0 Å². The Kier molecular flexibility index (Phi) is 3.36. The summed E-state index contributed by atoms with van der Waals surface area (Å²) in [7, 11) is 1.58. The van der Waals surface area contributed by atoms with Crippen LogP contribution in [-0.2, 0) is 6.42 Å². The first kappa shape index (κ1) is 10.6. The Hall–Kier alpha value is -0.510. The molecule has 0 amide bonds. The van der Waals surface area contributed by atoms with E-state index in [9.17, 15) is 0 Å². The average Bonchev–Trinajstić information content (AvgIpc) is 2.52. The van der Waals surface area contributed by atoms with Crippen molar-refractivity contribution in [1.82, 2.24) is 5.16 Å². The Morgan fingerprint density at radius 2 is 2.31 bits per heavy atom. The van der Waals surface area contributed by atoms with Crippen LogP contribution in [0, 0.1) is 5.41 Å². The van der Waals surface area contributed by atoms with Crippen molar-refractivity contribution >= 4 is 15.9 Å². The monoisotopic (exact) mass is 247 g/mol. The predicted molar refractivity (Wildman–Crippen MR) is 54.3 cm³/mol. The summed E-state index contributed by atoms with van der Waals surface area (Å²) >= 11 is 3.46. The third-order valence-electron chi connectivity index (χ3n) is 1.76. The van der Waals surface area contributed by atoms with E-state index >= 15 is 0 Å². The largest absolute Gasteiger partial charge is 0.479 e. The number of nitrogens with zero attached hydrogens (tertiary/aromatic N) is 1. The molecule has 0 aliphatic carbocycles. The van der Waals surface area contributed by atoms with Gasteiger partial charge in [-0.05, 0) is 10.6 Å². The Labute approximate surface area is 86.6 Å². The zero-order chi connectivity index (χ0) is 9.90. The van der Waals surface area contributed by atoms with E-state index in [0.29, 0.717) is 5.88 Å². The summed E-state index contributed by atoms with van der Waals surface area (Å²) in [5.41, 5.74) is 0.185. The molecule has 0 N–H and O–H groups in total. The van der Waals surface area contributed by atoms with Crippen molar-refractivity contribution < 1.29 is 9.26 Å². The molecule has 4 heteroatoms. The molecule has 0 radical (unpaired) electrons. The molecule has 3 nitrogen and oxygen atoms in total. The molecule has 13 heavy (non-hydrogen) atoms. The van der Waals surface area contributed by atoms with Gasteiger partial charge >= 0.3 is 0 Å². The summed E-state index contributed by atoms with van der Waals surface area (Å²) in [6.07, 6.45) is 0.856. The van der Waals surface area contributed by atoms with Gasteiger partial charge < -0.3 is 9.26 Å². The van der Waals surface area contributed by atoms with Gasteiger partial charge in [0.1, 0.15) is 5.76 Å². The van der Waals surface area contributed by atoms with Crippen molar-refractivity contribution in [2.24, 2.45) is 5.41 Å². The smallest absolute Gasteiger partial charge is 0.254 e. The molecule has 0 saturated carbocycles. The number of ether oxygens (including phenoxy) is 1. The highest BCUT2D eigenvalue weighted by Crippen LogP contribution is 2.25. The van der Waals surface area contributed by atoms with Crippen LogP contribution in [0.3, 0.4) is 0 Å². The molecule has 0 bridgehead atoms. The highest BCUT2D eigenvalue weighted by Gasteiger charge is 2.19. The van der Waals surface area contributed by atoms with E-state index in [1.807, 2.05) is 6.07 Å². The Balaban J connectivity index is 2.63. The molecular formula is C9H14BrNO2. The highest BCUT2D eigenvalue weighted by molar-refractivity contribution is 9.09. The van der Waals surface area contributed by atoms with Crippen molar-refractivity contribution in [3.63, 3.8) is 0 Å². The minimum atomic E-state index is 0.185. The lowest BCUT2D eigenvalue weighted by Crippen LogP contribution is -2.15. The third-order valence-corrected chi connectivity index (χ3v) is 3.28. The van der Waals surface area contributed by atoms with Gasteiger partial charge in [0.15, 0.2) is 0 Å². The quantitative estimate of drug-likeness (QED) is 0.768. The van der Waals surface area contributed by atoms with E-state index in [0.717, 1.165) is 17.5 Å². The van der Waals surface area contributed by atoms with Crippen molar-refractivity contribution in [3.05, 3.63) is 11.8 Å². The number of hydrogen-bond acceptors (Lipinski definition) is 3. The van der Waals surface area contributed by atoms with Crippen LogP contribution < -0.4 is 4.74 Å². The molecule has 0 spiro atoms. The van der Waals surface area contributed by atoms with Gasteiger partial charge in [0, 0.05) is 17.8 Å². The van der Waals surface area contributed by atoms with Crippen LogP contribution in [0.5, 0.6) is 5.88 Å². The lowest BCUT2D eigenvalue weighted by Gasteiger charge is -2.18. The molecular weight excluding hydrogens is 234 g/mol. The minimum Gasteiger partial charge on any atom is -0.479 e. The lowest BCUT2D eigenvalue weighted by molar-refractivity contribution is 0.302. The number of methoxy groups -OCH3 is 1. The van der Waals surface area contributed by atoms with Crippen molar-refractivity contribution in [1.29, 1.82) is 0 Å². The van der Waals surface area contributed by atoms with Gasteiger partial charge in [0.25, 0.3) is 5.88 Å². The van der Waals surface area contributed by atoms with Gasteiger partial charge in [-0.15, -0.1) is 0 Å². The second-order valence-corrected chi connectivity index (χ2v) is 4.37. The maximum atomic E-state index is 5.10. The summed E-state index contributed by atoms with van der Waals surface area (Å²) in [6, 6.07) is 1.82. The van der Waals surface area contributed by atoms with E-state index < -0.39 is 0 Å². The lowest BCUT2D eigenvalue weighted by atomic mass is 9.91. The van der Waals surface area contributed by atoms with Crippen molar-refractivity contribution in [2.75, 3.05) is 12.4 Å². The van der Waals surface area contributed by atoms with Crippen molar-refractivity contribution in [2.45, 2.75) is 20.3 Å². The van der Waals surface area contributed by atoms with E-state index in [1.54, 1.807) is 7.11 Å². The van der Waals surface area contributed by atoms with Crippen LogP contribution in [0.4, 0.5) is 0 Å². The minimum absolute atomic E-state index is 0.185. The van der Waals surface area contributed by atoms with Crippen LogP contribution in [0.1, 0.15) is 19.6 Å². The summed E-state index contributed by atoms with van der Waals surface area (Å²) in [5.74, 6) is 1.40. The summed E-state index contributed by atoms with van der Waals surface area (Å²) < 4.78 is 10.0. The molecule has 0 aliphatic rings. The third kappa shape index (κ3) is 3.03. The summed E-state index contributed by atoms with van der Waals surface area (Å²) in [4.78, 5) is 0. The molecule has 1 rings (SSSR count). The summed E-state index contributed by atoms with van der Waals surface area (Å²) in [6.45, 7) is 4.33. The van der Waals surface area contributed by atoms with E-state index in [2.05, 4.69) is 34.9 Å². The summed E-state index contributed by atoms with van der Waals surface area (Å²) in [5, 5.41) is 4.67. The maximum Gasteiger partial charge on any atom is 0.254 e. The number of halogens is 1. The molecule has 0 aliphatic heterocycles. The predicted octanol–water partition coefficient (Wildman–Crippen LogP) is 2.65. The average molecular weight is 248 g/mol. The zero-order valence-electron chi connectivity index (χ0n) is 8.13. The van der Waals surface area contributed by atoms with Gasteiger partial charge in [-0.25, -0.2) is 0 Å². The van der Waals surface area contributed by atoms with Crippen LogP contribution in [0.2, 0.25) is 0 Å². The first-order chi connectivity index (χ1) is 6.07. The molecule has 0 unspecified atom stereocenters. The number of aromatic nitrogens is 1. The molecule has 74 valence electrons. The normalized spacial score (nSPS) is 11.7. The SMILES string of the molecule is COc1cc(CC(C)(C)CBr)on1. The van der Waals surface area contributed by atoms with Gasteiger partial charge in [0.2, 0.25) is 0 Å². The molecule has 1 aromatic heterocycles. The Morgan fingerprint density at radius 1 is 1.62 bits per heavy atom. The Morgan fingerprint density at radius 3 is 2.77 bits per heavy atom. The zero-order valence-corrected chi connectivity index (χ0v) is 9.72. The molecule has 0 saturated heterocycles. The maximum absolute atomic E-state index is 5.10. The van der Waals surface area contributed by atoms with Crippen LogP contribution in [0.25, 0.3) is 0 Å². The fourth-order valence-electron chi connectivity index (χ4n) is 0.992.